The maximum atomic E-state index is 13.2. The zero-order chi connectivity index (χ0) is 17.2. The quantitative estimate of drug-likeness (QED) is 0.890. The highest BCUT2D eigenvalue weighted by Gasteiger charge is 2.33. The van der Waals surface area contributed by atoms with Crippen molar-refractivity contribution in [3.63, 3.8) is 0 Å². The molecule has 23 heavy (non-hydrogen) atoms. The number of aliphatic hydroxyl groups is 1. The zero-order valence-electron chi connectivity index (χ0n) is 13.7. The van der Waals surface area contributed by atoms with Crippen molar-refractivity contribution in [3.8, 4) is 0 Å². The van der Waals surface area contributed by atoms with Gasteiger partial charge < -0.3 is 14.7 Å². The minimum atomic E-state index is -0.805. The van der Waals surface area contributed by atoms with E-state index in [0.29, 0.717) is 18.5 Å². The summed E-state index contributed by atoms with van der Waals surface area (Å²) >= 11 is 5.76. The third-order valence-electron chi connectivity index (χ3n) is 3.83. The smallest absolute Gasteiger partial charge is 0.410 e. The van der Waals surface area contributed by atoms with Crippen LogP contribution in [-0.4, -0.2) is 34.3 Å². The number of carbonyl (C=O) groups excluding carboxylic acids is 1. The van der Waals surface area contributed by atoms with E-state index in [9.17, 15) is 14.3 Å². The Labute approximate surface area is 141 Å². The molecule has 1 amide bonds. The number of benzene rings is 1. The molecule has 0 saturated carbocycles. The van der Waals surface area contributed by atoms with Gasteiger partial charge in [0.25, 0.3) is 0 Å². The van der Waals surface area contributed by atoms with Crippen LogP contribution in [0.5, 0.6) is 0 Å². The molecular formula is C17H23ClFNO3. The van der Waals surface area contributed by atoms with E-state index in [2.05, 4.69) is 0 Å². The topological polar surface area (TPSA) is 49.8 Å². The van der Waals surface area contributed by atoms with E-state index < -0.39 is 17.5 Å². The number of likely N-dealkylation sites (tertiary alicyclic amines) is 1. The molecule has 128 valence electrons. The lowest BCUT2D eigenvalue weighted by atomic mass is 10.0. The second-order valence-electron chi connectivity index (χ2n) is 6.89. The highest BCUT2D eigenvalue weighted by molar-refractivity contribution is 6.30. The normalized spacial score (nSPS) is 19.7. The fourth-order valence-corrected chi connectivity index (χ4v) is 2.94. The van der Waals surface area contributed by atoms with Gasteiger partial charge in [0.15, 0.2) is 0 Å². The maximum absolute atomic E-state index is 13.2. The van der Waals surface area contributed by atoms with Gasteiger partial charge in [0.1, 0.15) is 11.4 Å². The van der Waals surface area contributed by atoms with E-state index in [1.807, 2.05) is 20.8 Å². The van der Waals surface area contributed by atoms with Gasteiger partial charge in [-0.25, -0.2) is 9.18 Å². The van der Waals surface area contributed by atoms with E-state index in [0.717, 1.165) is 12.8 Å². The fraction of sp³-hybridized carbons (Fsp3) is 0.588. The number of halogens is 2. The van der Waals surface area contributed by atoms with Crippen molar-refractivity contribution in [2.24, 2.45) is 0 Å². The van der Waals surface area contributed by atoms with Crippen molar-refractivity contribution in [2.45, 2.75) is 57.8 Å². The summed E-state index contributed by atoms with van der Waals surface area (Å²) in [5.74, 6) is -0.515. The summed E-state index contributed by atoms with van der Waals surface area (Å²) in [6, 6.07) is 4.08. The largest absolute Gasteiger partial charge is 0.444 e. The maximum Gasteiger partial charge on any atom is 0.410 e. The van der Waals surface area contributed by atoms with Crippen LogP contribution in [0.1, 0.15) is 51.7 Å². The van der Waals surface area contributed by atoms with Crippen molar-refractivity contribution in [3.05, 3.63) is 34.6 Å². The molecule has 0 radical (unpaired) electrons. The fourth-order valence-electron chi connectivity index (χ4n) is 2.76. The molecule has 2 unspecified atom stereocenters. The van der Waals surface area contributed by atoms with Crippen molar-refractivity contribution in [1.82, 2.24) is 4.90 Å². The molecule has 1 saturated heterocycles. The first kappa shape index (κ1) is 18.0. The average Bonchev–Trinajstić information content (AvgIpc) is 2.88. The number of carbonyl (C=O) groups is 1. The van der Waals surface area contributed by atoms with Crippen LogP contribution in [0.3, 0.4) is 0 Å². The Morgan fingerprint density at radius 3 is 2.83 bits per heavy atom. The van der Waals surface area contributed by atoms with Gasteiger partial charge in [-0.05, 0) is 57.7 Å². The van der Waals surface area contributed by atoms with E-state index >= 15 is 0 Å². The van der Waals surface area contributed by atoms with Crippen molar-refractivity contribution < 1.29 is 19.0 Å². The highest BCUT2D eigenvalue weighted by atomic mass is 35.5. The van der Waals surface area contributed by atoms with E-state index in [4.69, 9.17) is 16.3 Å². The first-order valence-corrected chi connectivity index (χ1v) is 8.18. The Morgan fingerprint density at radius 2 is 2.22 bits per heavy atom. The summed E-state index contributed by atoms with van der Waals surface area (Å²) in [5, 5.41) is 10.4. The molecule has 1 fully saturated rings. The van der Waals surface area contributed by atoms with Crippen molar-refractivity contribution in [2.75, 3.05) is 6.54 Å². The lowest BCUT2D eigenvalue weighted by Gasteiger charge is -2.29. The van der Waals surface area contributed by atoms with Crippen LogP contribution < -0.4 is 0 Å². The van der Waals surface area contributed by atoms with Crippen LogP contribution in [0.25, 0.3) is 0 Å². The predicted octanol–water partition coefficient (Wildman–Crippen LogP) is 4.30. The highest BCUT2D eigenvalue weighted by Crippen LogP contribution is 2.30. The van der Waals surface area contributed by atoms with Gasteiger partial charge in [0, 0.05) is 12.6 Å². The molecule has 1 aliphatic heterocycles. The summed E-state index contributed by atoms with van der Waals surface area (Å²) in [4.78, 5) is 13.9. The molecule has 0 bridgehead atoms. The van der Waals surface area contributed by atoms with Gasteiger partial charge >= 0.3 is 6.09 Å². The van der Waals surface area contributed by atoms with Crippen LogP contribution in [0, 0.1) is 5.82 Å². The number of aliphatic hydroxyl groups excluding tert-OH is 1. The van der Waals surface area contributed by atoms with Crippen molar-refractivity contribution in [1.29, 1.82) is 0 Å². The SMILES string of the molecule is CC(C)(C)OC(=O)N1CCCC1CC(O)c1ccc(F)c(Cl)c1. The van der Waals surface area contributed by atoms with Crippen LogP contribution in [0.15, 0.2) is 18.2 Å². The molecule has 1 aromatic carbocycles. The Kier molecular flexibility index (Phi) is 5.53. The molecule has 4 nitrogen and oxygen atoms in total. The summed E-state index contributed by atoms with van der Waals surface area (Å²) < 4.78 is 18.6. The van der Waals surface area contributed by atoms with Crippen molar-refractivity contribution >= 4 is 17.7 Å². The molecule has 0 aliphatic carbocycles. The molecule has 2 atom stereocenters. The third-order valence-corrected chi connectivity index (χ3v) is 4.12. The lowest BCUT2D eigenvalue weighted by Crippen LogP contribution is -2.40. The minimum absolute atomic E-state index is 0.0167. The molecular weight excluding hydrogens is 321 g/mol. The Balaban J connectivity index is 2.02. The van der Waals surface area contributed by atoms with Crippen LogP contribution in [0.4, 0.5) is 9.18 Å². The van der Waals surface area contributed by atoms with Gasteiger partial charge in [-0.15, -0.1) is 0 Å². The number of ether oxygens (including phenoxy) is 1. The molecule has 1 aromatic rings. The summed E-state index contributed by atoms with van der Waals surface area (Å²) in [5.41, 5.74) is 0.000262. The second-order valence-corrected chi connectivity index (χ2v) is 7.30. The van der Waals surface area contributed by atoms with Gasteiger partial charge in [0.2, 0.25) is 0 Å². The first-order valence-electron chi connectivity index (χ1n) is 7.80. The average molecular weight is 344 g/mol. The molecule has 1 N–H and O–H groups in total. The number of rotatable bonds is 3. The Hall–Kier alpha value is -1.33. The Morgan fingerprint density at radius 1 is 1.52 bits per heavy atom. The van der Waals surface area contributed by atoms with E-state index in [1.165, 1.54) is 18.2 Å². The van der Waals surface area contributed by atoms with Gasteiger partial charge in [-0.1, -0.05) is 17.7 Å². The standard InChI is InChI=1S/C17H23ClFNO3/c1-17(2,3)23-16(22)20-8-4-5-12(20)10-15(21)11-6-7-14(19)13(18)9-11/h6-7,9,12,15,21H,4-5,8,10H2,1-3H3. The van der Waals surface area contributed by atoms with Crippen LogP contribution >= 0.6 is 11.6 Å². The van der Waals surface area contributed by atoms with Crippen LogP contribution in [-0.2, 0) is 4.74 Å². The second kappa shape index (κ2) is 7.05. The Bertz CT molecular complexity index is 573. The summed E-state index contributed by atoms with van der Waals surface area (Å²) in [7, 11) is 0. The monoisotopic (exact) mass is 343 g/mol. The molecule has 1 heterocycles. The minimum Gasteiger partial charge on any atom is -0.444 e. The lowest BCUT2D eigenvalue weighted by molar-refractivity contribution is 0.0178. The number of hydrogen-bond donors (Lipinski definition) is 1. The van der Waals surface area contributed by atoms with Gasteiger partial charge in [-0.3, -0.25) is 0 Å². The van der Waals surface area contributed by atoms with Crippen LogP contribution in [0.2, 0.25) is 5.02 Å². The van der Waals surface area contributed by atoms with Gasteiger partial charge in [-0.2, -0.15) is 0 Å². The molecule has 0 spiro atoms. The zero-order valence-corrected chi connectivity index (χ0v) is 14.4. The number of hydrogen-bond acceptors (Lipinski definition) is 3. The van der Waals surface area contributed by atoms with Gasteiger partial charge in [0.05, 0.1) is 11.1 Å². The summed E-state index contributed by atoms with van der Waals surface area (Å²) in [6.07, 6.45) is 0.901. The van der Waals surface area contributed by atoms with E-state index in [-0.39, 0.29) is 17.2 Å². The molecule has 0 aromatic heterocycles. The number of amides is 1. The first-order chi connectivity index (χ1) is 10.7. The third kappa shape index (κ3) is 4.82. The molecule has 6 heteroatoms. The summed E-state index contributed by atoms with van der Waals surface area (Å²) in [6.45, 7) is 6.10. The molecule has 2 rings (SSSR count). The molecule has 1 aliphatic rings. The number of nitrogens with zero attached hydrogens (tertiary/aromatic N) is 1. The van der Waals surface area contributed by atoms with E-state index in [1.54, 1.807) is 4.90 Å². The predicted molar refractivity (Wildman–Crippen MR) is 86.9 cm³/mol.